The lowest BCUT2D eigenvalue weighted by atomic mass is 10.1. The first-order chi connectivity index (χ1) is 15.3. The summed E-state index contributed by atoms with van der Waals surface area (Å²) in [6.45, 7) is 1.77. The lowest BCUT2D eigenvalue weighted by Crippen LogP contribution is -2.25. The number of carboxylic acids is 1. The molecular weight excluding hydrogens is 552 g/mol. The molecule has 0 aliphatic carbocycles. The molecule has 1 aliphatic heterocycles. The van der Waals surface area contributed by atoms with E-state index in [0.717, 1.165) is 33.9 Å². The van der Waals surface area contributed by atoms with E-state index < -0.39 is 11.9 Å². The summed E-state index contributed by atoms with van der Waals surface area (Å²) in [5, 5.41) is 15.3. The first-order valence-corrected chi connectivity index (χ1v) is 12.1. The van der Waals surface area contributed by atoms with Gasteiger partial charge >= 0.3 is 5.97 Å². The van der Waals surface area contributed by atoms with Gasteiger partial charge in [-0.1, -0.05) is 6.07 Å². The van der Waals surface area contributed by atoms with E-state index in [2.05, 4.69) is 36.4 Å². The number of amides is 2. The number of hydrogen-bond donors (Lipinski definition) is 3. The number of hydrogen-bond acceptors (Lipinski definition) is 7. The van der Waals surface area contributed by atoms with Crippen molar-refractivity contribution in [1.29, 1.82) is 0 Å². The van der Waals surface area contributed by atoms with Crippen LogP contribution in [0.5, 0.6) is 0 Å². The van der Waals surface area contributed by atoms with E-state index in [1.807, 2.05) is 7.05 Å². The molecule has 1 aliphatic rings. The minimum absolute atomic E-state index is 0. The minimum Gasteiger partial charge on any atom is -0.478 e. The number of anilines is 1. The second-order valence-electron chi connectivity index (χ2n) is 7.29. The van der Waals surface area contributed by atoms with Crippen LogP contribution in [-0.2, 0) is 19.5 Å². The molecule has 2 aromatic heterocycles. The van der Waals surface area contributed by atoms with Crippen molar-refractivity contribution >= 4 is 74.5 Å². The number of rotatable bonds is 6. The molecule has 0 fully saturated rings. The summed E-state index contributed by atoms with van der Waals surface area (Å²) in [5.41, 5.74) is 1.89. The summed E-state index contributed by atoms with van der Waals surface area (Å²) >= 11 is 5.99. The second kappa shape index (κ2) is 10.7. The number of aromatic nitrogens is 1. The van der Waals surface area contributed by atoms with Gasteiger partial charge in [-0.3, -0.25) is 9.59 Å². The number of thiophene rings is 1. The molecule has 3 aromatic rings. The van der Waals surface area contributed by atoms with Crippen molar-refractivity contribution in [2.75, 3.05) is 18.9 Å². The largest absolute Gasteiger partial charge is 0.478 e. The van der Waals surface area contributed by atoms with E-state index in [9.17, 15) is 19.5 Å². The van der Waals surface area contributed by atoms with Gasteiger partial charge in [-0.15, -0.1) is 35.1 Å². The van der Waals surface area contributed by atoms with Crippen LogP contribution in [0.4, 0.5) is 5.69 Å². The molecule has 4 rings (SSSR count). The van der Waals surface area contributed by atoms with Crippen molar-refractivity contribution in [1.82, 2.24) is 15.2 Å². The molecule has 12 heteroatoms. The second-order valence-corrected chi connectivity index (χ2v) is 10.8. The van der Waals surface area contributed by atoms with Crippen LogP contribution in [0.1, 0.15) is 46.0 Å². The Hall–Kier alpha value is -2.31. The molecular formula is C21H20BrClN4O4S2. The maximum Gasteiger partial charge on any atom is 0.335 e. The number of likely N-dealkylation sites (N-methyl/N-ethyl adjacent to an activating group) is 1. The van der Waals surface area contributed by atoms with Crippen molar-refractivity contribution in [3.8, 4) is 0 Å². The van der Waals surface area contributed by atoms with Gasteiger partial charge in [0.2, 0.25) is 0 Å². The van der Waals surface area contributed by atoms with Crippen LogP contribution in [0.25, 0.3) is 0 Å². The monoisotopic (exact) mass is 570 g/mol. The zero-order valence-corrected chi connectivity index (χ0v) is 21.4. The Kier molecular flexibility index (Phi) is 8.24. The van der Waals surface area contributed by atoms with E-state index in [-0.39, 0.29) is 30.4 Å². The highest BCUT2D eigenvalue weighted by atomic mass is 79.9. The highest BCUT2D eigenvalue weighted by Gasteiger charge is 2.22. The number of benzene rings is 1. The number of carbonyl (C=O) groups is 3. The predicted molar refractivity (Wildman–Crippen MR) is 134 cm³/mol. The molecule has 174 valence electrons. The van der Waals surface area contributed by atoms with Crippen LogP contribution in [0, 0.1) is 0 Å². The van der Waals surface area contributed by atoms with E-state index >= 15 is 0 Å². The van der Waals surface area contributed by atoms with Crippen LogP contribution in [0.2, 0.25) is 0 Å². The van der Waals surface area contributed by atoms with E-state index in [1.54, 1.807) is 18.2 Å². The molecule has 8 nitrogen and oxygen atoms in total. The zero-order chi connectivity index (χ0) is 22.8. The minimum atomic E-state index is -1.10. The van der Waals surface area contributed by atoms with Gasteiger partial charge in [-0.05, 0) is 52.8 Å². The van der Waals surface area contributed by atoms with Gasteiger partial charge in [0.1, 0.15) is 0 Å². The smallest absolute Gasteiger partial charge is 0.335 e. The number of carbonyl (C=O) groups excluding carboxylic acids is 2. The Balaban J connectivity index is 0.00000306. The molecule has 0 unspecified atom stereocenters. The van der Waals surface area contributed by atoms with Gasteiger partial charge in [0.05, 0.1) is 19.9 Å². The van der Waals surface area contributed by atoms with Crippen LogP contribution >= 0.6 is 51.0 Å². The SMILES string of the molecule is CN1CCc2nc(C(=O)Nc3cc(C(=O)O)ccc3CNC(=O)c3ccc(Br)s3)sc2C1.Cl. The summed E-state index contributed by atoms with van der Waals surface area (Å²) in [7, 11) is 2.02. The van der Waals surface area contributed by atoms with Crippen LogP contribution in [0.3, 0.4) is 0 Å². The lowest BCUT2D eigenvalue weighted by Gasteiger charge is -2.20. The molecule has 1 aromatic carbocycles. The Bertz CT molecular complexity index is 1210. The normalized spacial score (nSPS) is 13.0. The molecule has 33 heavy (non-hydrogen) atoms. The number of halogens is 2. The maximum absolute atomic E-state index is 12.9. The molecule has 3 heterocycles. The van der Waals surface area contributed by atoms with Crippen molar-refractivity contribution < 1.29 is 19.5 Å². The summed E-state index contributed by atoms with van der Waals surface area (Å²) in [4.78, 5) is 45.0. The summed E-state index contributed by atoms with van der Waals surface area (Å²) in [6.07, 6.45) is 0.792. The number of thiazole rings is 1. The first kappa shape index (κ1) is 25.3. The van der Waals surface area contributed by atoms with E-state index in [4.69, 9.17) is 0 Å². The Morgan fingerprint density at radius 1 is 1.18 bits per heavy atom. The average Bonchev–Trinajstić information content (AvgIpc) is 3.38. The summed E-state index contributed by atoms with van der Waals surface area (Å²) < 4.78 is 0.846. The van der Waals surface area contributed by atoms with Crippen LogP contribution in [-0.4, -0.2) is 46.4 Å². The number of fused-ring (bicyclic) bond motifs is 1. The Morgan fingerprint density at radius 3 is 2.67 bits per heavy atom. The number of carboxylic acid groups (broad SMARTS) is 1. The molecule has 0 bridgehead atoms. The number of nitrogens with one attached hydrogen (secondary N) is 2. The fraction of sp³-hybridized carbons (Fsp3) is 0.238. The van der Waals surface area contributed by atoms with Crippen molar-refractivity contribution in [2.45, 2.75) is 19.5 Å². The van der Waals surface area contributed by atoms with Gasteiger partial charge in [-0.25, -0.2) is 9.78 Å². The fourth-order valence-corrected chi connectivity index (χ4v) is 5.66. The molecule has 2 amide bonds. The zero-order valence-electron chi connectivity index (χ0n) is 17.4. The highest BCUT2D eigenvalue weighted by molar-refractivity contribution is 9.11. The predicted octanol–water partition coefficient (Wildman–Crippen LogP) is 4.26. The Labute approximate surface area is 212 Å². The van der Waals surface area contributed by atoms with Crippen molar-refractivity contribution in [3.05, 3.63) is 65.7 Å². The first-order valence-electron chi connectivity index (χ1n) is 9.68. The molecule has 0 atom stereocenters. The molecule has 0 radical (unpaired) electrons. The molecule has 3 N–H and O–H groups in total. The van der Waals surface area contributed by atoms with Gasteiger partial charge < -0.3 is 20.6 Å². The van der Waals surface area contributed by atoms with Gasteiger partial charge in [-0.2, -0.15) is 0 Å². The number of nitrogens with zero attached hydrogens (tertiary/aromatic N) is 2. The Morgan fingerprint density at radius 2 is 1.97 bits per heavy atom. The third-order valence-corrected chi connectivity index (χ3v) is 7.66. The maximum atomic E-state index is 12.9. The van der Waals surface area contributed by atoms with Gasteiger partial charge in [0.25, 0.3) is 11.8 Å². The summed E-state index contributed by atoms with van der Waals surface area (Å²) in [6, 6.07) is 7.93. The van der Waals surface area contributed by atoms with Gasteiger partial charge in [0, 0.05) is 36.6 Å². The van der Waals surface area contributed by atoms with Crippen LogP contribution < -0.4 is 10.6 Å². The number of aromatic carboxylic acids is 1. The molecule has 0 saturated heterocycles. The molecule has 0 saturated carbocycles. The van der Waals surface area contributed by atoms with Crippen LogP contribution in [0.15, 0.2) is 34.1 Å². The van der Waals surface area contributed by atoms with Gasteiger partial charge in [0.15, 0.2) is 5.01 Å². The summed E-state index contributed by atoms with van der Waals surface area (Å²) in [5.74, 6) is -1.76. The van der Waals surface area contributed by atoms with Crippen molar-refractivity contribution in [3.63, 3.8) is 0 Å². The third kappa shape index (κ3) is 5.98. The molecule has 0 spiro atoms. The third-order valence-electron chi connectivity index (χ3n) is 4.96. The topological polar surface area (TPSA) is 112 Å². The average molecular weight is 572 g/mol. The van der Waals surface area contributed by atoms with Crippen molar-refractivity contribution in [2.24, 2.45) is 0 Å². The quantitative estimate of drug-likeness (QED) is 0.408. The standard InChI is InChI=1S/C21H19BrN4O4S2.ClH/c1-26-7-6-13-16(10-26)32-20(25-13)19(28)24-14-8-11(21(29)30)2-3-12(14)9-23-18(27)15-4-5-17(22)31-15;/h2-5,8H,6-7,9-10H2,1H3,(H,23,27)(H,24,28)(H,29,30);1H. The van der Waals surface area contributed by atoms with E-state index in [1.165, 1.54) is 34.8 Å². The fourth-order valence-electron chi connectivity index (χ4n) is 3.28. The highest BCUT2D eigenvalue weighted by Crippen LogP contribution is 2.26. The van der Waals surface area contributed by atoms with E-state index in [0.29, 0.717) is 21.1 Å². The lowest BCUT2D eigenvalue weighted by molar-refractivity contribution is 0.0696.